The molecule has 4 aromatic rings. The van der Waals surface area contributed by atoms with Crippen LogP contribution in [-0.2, 0) is 0 Å². The summed E-state index contributed by atoms with van der Waals surface area (Å²) in [6, 6.07) is 17.1. The summed E-state index contributed by atoms with van der Waals surface area (Å²) in [5.41, 5.74) is 3.51. The molecule has 7 heteroatoms. The third-order valence-corrected chi connectivity index (χ3v) is 4.22. The molecule has 1 N–H and O–H groups in total. The Morgan fingerprint density at radius 2 is 1.54 bits per heavy atom. The zero-order valence-corrected chi connectivity index (χ0v) is 15.5. The second kappa shape index (κ2) is 7.79. The van der Waals surface area contributed by atoms with E-state index in [0.29, 0.717) is 5.95 Å². The molecule has 2 aromatic heterocycles. The molecule has 0 radical (unpaired) electrons. The molecule has 0 aliphatic carbocycles. The van der Waals surface area contributed by atoms with Gasteiger partial charge in [-0.15, -0.1) is 0 Å². The maximum absolute atomic E-state index is 5.19. The van der Waals surface area contributed by atoms with Gasteiger partial charge in [0.15, 0.2) is 0 Å². The highest BCUT2D eigenvalue weighted by molar-refractivity contribution is 5.61. The molecule has 0 bridgehead atoms. The van der Waals surface area contributed by atoms with Crippen LogP contribution >= 0.6 is 0 Å². The predicted molar refractivity (Wildman–Crippen MR) is 107 cm³/mol. The van der Waals surface area contributed by atoms with E-state index in [0.717, 1.165) is 34.1 Å². The van der Waals surface area contributed by atoms with E-state index in [-0.39, 0.29) is 0 Å². The lowest BCUT2D eigenvalue weighted by molar-refractivity contribution is 0.414. The average Bonchev–Trinajstić information content (AvgIpc) is 3.25. The highest BCUT2D eigenvalue weighted by Gasteiger charge is 2.07. The summed E-state index contributed by atoms with van der Waals surface area (Å²) in [4.78, 5) is 8.88. The molecule has 0 unspecified atom stereocenters. The maximum atomic E-state index is 5.19. The summed E-state index contributed by atoms with van der Waals surface area (Å²) in [6.45, 7) is 0. The molecule has 0 spiro atoms. The fourth-order valence-electron chi connectivity index (χ4n) is 2.71. The van der Waals surface area contributed by atoms with Crippen molar-refractivity contribution in [3.63, 3.8) is 0 Å². The average molecular weight is 373 g/mol. The van der Waals surface area contributed by atoms with E-state index < -0.39 is 0 Å². The zero-order valence-electron chi connectivity index (χ0n) is 15.5. The number of benzene rings is 2. The number of methoxy groups -OCH3 is 2. The predicted octanol–water partition coefficient (Wildman–Crippen LogP) is 4.09. The molecule has 0 amide bonds. The van der Waals surface area contributed by atoms with Crippen LogP contribution in [0.3, 0.4) is 0 Å². The molecular weight excluding hydrogens is 354 g/mol. The highest BCUT2D eigenvalue weighted by Crippen LogP contribution is 2.22. The molecule has 0 saturated carbocycles. The highest BCUT2D eigenvalue weighted by atomic mass is 16.5. The van der Waals surface area contributed by atoms with E-state index in [4.69, 9.17) is 9.47 Å². The van der Waals surface area contributed by atoms with Crippen molar-refractivity contribution in [3.05, 3.63) is 73.2 Å². The first-order chi connectivity index (χ1) is 13.7. The van der Waals surface area contributed by atoms with Crippen molar-refractivity contribution in [2.75, 3.05) is 19.5 Å². The van der Waals surface area contributed by atoms with Crippen molar-refractivity contribution in [2.24, 2.45) is 0 Å². The van der Waals surface area contributed by atoms with Crippen molar-refractivity contribution in [2.45, 2.75) is 0 Å². The number of anilines is 2. The van der Waals surface area contributed by atoms with Crippen molar-refractivity contribution in [1.29, 1.82) is 0 Å². The molecule has 7 nitrogen and oxygen atoms in total. The summed E-state index contributed by atoms with van der Waals surface area (Å²) in [6.07, 6.45) is 5.43. The van der Waals surface area contributed by atoms with Gasteiger partial charge in [-0.1, -0.05) is 0 Å². The SMILES string of the molecule is COc1ccc(Nc2nccc(-c3cnn(-c4ccc(OC)cc4)c3)n2)cc1. The van der Waals surface area contributed by atoms with Gasteiger partial charge in [0.25, 0.3) is 0 Å². The molecule has 0 saturated heterocycles. The minimum Gasteiger partial charge on any atom is -0.497 e. The normalized spacial score (nSPS) is 10.5. The number of ether oxygens (including phenoxy) is 2. The minimum atomic E-state index is 0.514. The van der Waals surface area contributed by atoms with Crippen molar-refractivity contribution >= 4 is 11.6 Å². The second-order valence-corrected chi connectivity index (χ2v) is 5.99. The molecule has 0 aliphatic heterocycles. The van der Waals surface area contributed by atoms with Crippen LogP contribution in [-0.4, -0.2) is 34.0 Å². The summed E-state index contributed by atoms with van der Waals surface area (Å²) in [5, 5.41) is 7.63. The number of hydrogen-bond donors (Lipinski definition) is 1. The van der Waals surface area contributed by atoms with Gasteiger partial charge in [-0.2, -0.15) is 5.10 Å². The van der Waals surface area contributed by atoms with Gasteiger partial charge in [0.1, 0.15) is 11.5 Å². The first-order valence-electron chi connectivity index (χ1n) is 8.69. The number of aromatic nitrogens is 4. The first kappa shape index (κ1) is 17.5. The van der Waals surface area contributed by atoms with E-state index in [1.54, 1.807) is 31.3 Å². The number of rotatable bonds is 6. The lowest BCUT2D eigenvalue weighted by Crippen LogP contribution is -1.97. The third kappa shape index (κ3) is 3.78. The summed E-state index contributed by atoms with van der Waals surface area (Å²) in [7, 11) is 3.29. The van der Waals surface area contributed by atoms with E-state index >= 15 is 0 Å². The first-order valence-corrected chi connectivity index (χ1v) is 8.69. The summed E-state index contributed by atoms with van der Waals surface area (Å²) < 4.78 is 12.2. The summed E-state index contributed by atoms with van der Waals surface area (Å²) >= 11 is 0. The Morgan fingerprint density at radius 3 is 2.21 bits per heavy atom. The largest absolute Gasteiger partial charge is 0.497 e. The molecule has 2 aromatic carbocycles. The third-order valence-electron chi connectivity index (χ3n) is 4.22. The molecule has 0 atom stereocenters. The smallest absolute Gasteiger partial charge is 0.227 e. The quantitative estimate of drug-likeness (QED) is 0.549. The minimum absolute atomic E-state index is 0.514. The van der Waals surface area contributed by atoms with Crippen LogP contribution < -0.4 is 14.8 Å². The van der Waals surface area contributed by atoms with E-state index in [2.05, 4.69) is 20.4 Å². The van der Waals surface area contributed by atoms with Crippen LogP contribution in [0.5, 0.6) is 11.5 Å². The van der Waals surface area contributed by atoms with Gasteiger partial charge in [-0.05, 0) is 54.6 Å². The van der Waals surface area contributed by atoms with Gasteiger partial charge < -0.3 is 14.8 Å². The Kier molecular flexibility index (Phi) is 4.88. The lowest BCUT2D eigenvalue weighted by atomic mass is 10.2. The standard InChI is InChI=1S/C21H19N5O2/c1-27-18-7-3-16(4-8-18)24-21-22-12-11-20(25-21)15-13-23-26(14-15)17-5-9-19(28-2)10-6-17/h3-14H,1-2H3,(H,22,24,25). The van der Waals surface area contributed by atoms with E-state index in [1.165, 1.54) is 0 Å². The van der Waals surface area contributed by atoms with Gasteiger partial charge >= 0.3 is 0 Å². The summed E-state index contributed by atoms with van der Waals surface area (Å²) in [5.74, 6) is 2.12. The van der Waals surface area contributed by atoms with Crippen LogP contribution in [0.15, 0.2) is 73.2 Å². The molecule has 0 aliphatic rings. The van der Waals surface area contributed by atoms with Crippen LogP contribution in [0.4, 0.5) is 11.6 Å². The van der Waals surface area contributed by atoms with Crippen molar-refractivity contribution in [3.8, 4) is 28.4 Å². The van der Waals surface area contributed by atoms with Crippen LogP contribution in [0.25, 0.3) is 16.9 Å². The number of nitrogens with zero attached hydrogens (tertiary/aromatic N) is 4. The Morgan fingerprint density at radius 1 is 0.857 bits per heavy atom. The molecule has 2 heterocycles. The van der Waals surface area contributed by atoms with E-state index in [9.17, 15) is 0 Å². The molecule has 28 heavy (non-hydrogen) atoms. The lowest BCUT2D eigenvalue weighted by Gasteiger charge is -2.06. The number of nitrogens with one attached hydrogen (secondary N) is 1. The topological polar surface area (TPSA) is 74.1 Å². The molecule has 0 fully saturated rings. The fourth-order valence-corrected chi connectivity index (χ4v) is 2.71. The zero-order chi connectivity index (χ0) is 19.3. The van der Waals surface area contributed by atoms with Crippen molar-refractivity contribution < 1.29 is 9.47 Å². The molecular formula is C21H19N5O2. The van der Waals surface area contributed by atoms with Gasteiger partial charge in [-0.3, -0.25) is 0 Å². The second-order valence-electron chi connectivity index (χ2n) is 5.99. The molecule has 140 valence electrons. The maximum Gasteiger partial charge on any atom is 0.227 e. The van der Waals surface area contributed by atoms with Gasteiger partial charge in [-0.25, -0.2) is 14.6 Å². The van der Waals surface area contributed by atoms with Crippen molar-refractivity contribution in [1.82, 2.24) is 19.7 Å². The molecule has 4 rings (SSSR count). The van der Waals surface area contributed by atoms with Gasteiger partial charge in [0.2, 0.25) is 5.95 Å². The number of hydrogen-bond acceptors (Lipinski definition) is 6. The van der Waals surface area contributed by atoms with E-state index in [1.807, 2.05) is 60.8 Å². The van der Waals surface area contributed by atoms with Crippen LogP contribution in [0, 0.1) is 0 Å². The van der Waals surface area contributed by atoms with Crippen LogP contribution in [0.1, 0.15) is 0 Å². The Bertz CT molecular complexity index is 1060. The monoisotopic (exact) mass is 373 g/mol. The van der Waals surface area contributed by atoms with Gasteiger partial charge in [0, 0.05) is 23.6 Å². The van der Waals surface area contributed by atoms with Crippen LogP contribution in [0.2, 0.25) is 0 Å². The Balaban J connectivity index is 1.54. The Hall–Kier alpha value is -3.87. The van der Waals surface area contributed by atoms with Gasteiger partial charge in [0.05, 0.1) is 31.8 Å². The Labute approximate surface area is 162 Å². The fraction of sp³-hybridized carbons (Fsp3) is 0.0952.